The Balaban J connectivity index is 2.57. The summed E-state index contributed by atoms with van der Waals surface area (Å²) in [5.74, 6) is 0.426. The van der Waals surface area contributed by atoms with Crippen LogP contribution in [0.1, 0.15) is 5.56 Å². The van der Waals surface area contributed by atoms with Crippen LogP contribution in [0.2, 0.25) is 0 Å². The number of aromatic amines is 1. The average molecular weight is 177 g/mol. The Morgan fingerprint density at radius 1 is 1.46 bits per heavy atom. The lowest BCUT2D eigenvalue weighted by atomic mass is 10.2. The molecule has 2 aromatic rings. The molecular weight excluding hydrogens is 166 g/mol. The highest BCUT2D eigenvalue weighted by atomic mass is 15.3. The fourth-order valence-electron chi connectivity index (χ4n) is 1.39. The van der Waals surface area contributed by atoms with Crippen molar-refractivity contribution in [2.24, 2.45) is 7.05 Å². The molecule has 0 aliphatic rings. The van der Waals surface area contributed by atoms with Gasteiger partial charge in [0.05, 0.1) is 23.8 Å². The van der Waals surface area contributed by atoms with Crippen molar-refractivity contribution < 1.29 is 0 Å². The summed E-state index contributed by atoms with van der Waals surface area (Å²) in [6.07, 6.45) is 3.52. The average Bonchev–Trinajstić information content (AvgIpc) is 2.60. The van der Waals surface area contributed by atoms with Gasteiger partial charge in [0.1, 0.15) is 0 Å². The second-order valence-corrected chi connectivity index (χ2v) is 2.98. The van der Waals surface area contributed by atoms with E-state index in [0.29, 0.717) is 5.95 Å². The van der Waals surface area contributed by atoms with Crippen LogP contribution in [0.15, 0.2) is 12.4 Å². The Kier molecular flexibility index (Phi) is 1.58. The third-order valence-electron chi connectivity index (χ3n) is 1.97. The highest BCUT2D eigenvalue weighted by molar-refractivity contribution is 5.59. The van der Waals surface area contributed by atoms with Crippen LogP contribution in [-0.4, -0.2) is 19.7 Å². The number of rotatable bonds is 1. The maximum absolute atomic E-state index is 5.49. The first-order valence-electron chi connectivity index (χ1n) is 3.98. The predicted octanol–water partition coefficient (Wildman–Crippen LogP) is 0.701. The van der Waals surface area contributed by atoms with Gasteiger partial charge in [-0.2, -0.15) is 5.10 Å². The molecule has 68 valence electrons. The van der Waals surface area contributed by atoms with Crippen LogP contribution in [0, 0.1) is 6.92 Å². The second-order valence-electron chi connectivity index (χ2n) is 2.98. The van der Waals surface area contributed by atoms with Gasteiger partial charge in [0, 0.05) is 7.05 Å². The van der Waals surface area contributed by atoms with Gasteiger partial charge in [-0.05, 0) is 12.5 Å². The molecule has 0 aliphatic heterocycles. The van der Waals surface area contributed by atoms with E-state index in [1.807, 2.05) is 20.2 Å². The van der Waals surface area contributed by atoms with Crippen LogP contribution in [0.5, 0.6) is 0 Å². The first-order valence-corrected chi connectivity index (χ1v) is 3.98. The van der Waals surface area contributed by atoms with Crippen LogP contribution in [0.25, 0.3) is 11.4 Å². The van der Waals surface area contributed by atoms with Gasteiger partial charge in [0.25, 0.3) is 0 Å². The van der Waals surface area contributed by atoms with Crippen LogP contribution in [-0.2, 0) is 7.05 Å². The molecule has 5 nitrogen and oxygen atoms in total. The fraction of sp³-hybridized carbons (Fsp3) is 0.250. The molecule has 0 aliphatic carbocycles. The Morgan fingerprint density at radius 2 is 2.23 bits per heavy atom. The van der Waals surface area contributed by atoms with Gasteiger partial charge in [0.15, 0.2) is 5.95 Å². The first kappa shape index (κ1) is 7.85. The van der Waals surface area contributed by atoms with Gasteiger partial charge in [-0.15, -0.1) is 0 Å². The largest absolute Gasteiger partial charge is 0.369 e. The lowest BCUT2D eigenvalue weighted by Crippen LogP contribution is -1.94. The fourth-order valence-corrected chi connectivity index (χ4v) is 1.39. The quantitative estimate of drug-likeness (QED) is 0.673. The van der Waals surface area contributed by atoms with Crippen molar-refractivity contribution in [2.75, 3.05) is 5.73 Å². The smallest absolute Gasteiger partial charge is 0.197 e. The van der Waals surface area contributed by atoms with Gasteiger partial charge < -0.3 is 10.7 Å². The zero-order valence-corrected chi connectivity index (χ0v) is 7.57. The molecule has 13 heavy (non-hydrogen) atoms. The van der Waals surface area contributed by atoms with Crippen LogP contribution in [0.3, 0.4) is 0 Å². The topological polar surface area (TPSA) is 72.5 Å². The minimum Gasteiger partial charge on any atom is -0.369 e. The normalized spacial score (nSPS) is 10.6. The van der Waals surface area contributed by atoms with Gasteiger partial charge in [0.2, 0.25) is 0 Å². The van der Waals surface area contributed by atoms with Gasteiger partial charge >= 0.3 is 0 Å². The lowest BCUT2D eigenvalue weighted by Gasteiger charge is -1.98. The third kappa shape index (κ3) is 1.18. The second kappa shape index (κ2) is 2.62. The summed E-state index contributed by atoms with van der Waals surface area (Å²) in [6, 6.07) is 0. The Morgan fingerprint density at radius 3 is 2.69 bits per heavy atom. The van der Waals surface area contributed by atoms with Crippen molar-refractivity contribution in [2.45, 2.75) is 6.92 Å². The summed E-state index contributed by atoms with van der Waals surface area (Å²) in [7, 11) is 1.89. The summed E-state index contributed by atoms with van der Waals surface area (Å²) in [5, 5.41) is 4.13. The van der Waals surface area contributed by atoms with Crippen LogP contribution < -0.4 is 5.73 Å². The number of aryl methyl sites for hydroxylation is 2. The molecule has 0 bridgehead atoms. The molecule has 0 saturated heterocycles. The van der Waals surface area contributed by atoms with Crippen molar-refractivity contribution in [1.82, 2.24) is 19.7 Å². The lowest BCUT2D eigenvalue weighted by molar-refractivity contribution is 0.773. The molecule has 0 fully saturated rings. The van der Waals surface area contributed by atoms with Crippen molar-refractivity contribution >= 4 is 5.95 Å². The van der Waals surface area contributed by atoms with Crippen molar-refractivity contribution in [3.8, 4) is 11.4 Å². The molecule has 0 aromatic carbocycles. The van der Waals surface area contributed by atoms with E-state index in [1.165, 1.54) is 0 Å². The number of nitrogens with one attached hydrogen (secondary N) is 1. The standard InChI is InChI=1S/C8H11N5/c1-5-3-11-13(2)7(5)6-4-10-8(9)12-6/h3-4H,1-2H3,(H3,9,10,12). The summed E-state index contributed by atoms with van der Waals surface area (Å²) in [6.45, 7) is 2.00. The monoisotopic (exact) mass is 177 g/mol. The van der Waals surface area contributed by atoms with Crippen molar-refractivity contribution in [3.05, 3.63) is 18.0 Å². The Labute approximate surface area is 75.6 Å². The van der Waals surface area contributed by atoms with Crippen molar-refractivity contribution in [3.63, 3.8) is 0 Å². The Bertz CT molecular complexity index is 406. The summed E-state index contributed by atoms with van der Waals surface area (Å²) in [4.78, 5) is 6.90. The van der Waals surface area contributed by atoms with E-state index in [1.54, 1.807) is 10.9 Å². The van der Waals surface area contributed by atoms with E-state index in [9.17, 15) is 0 Å². The summed E-state index contributed by atoms with van der Waals surface area (Å²) in [5.41, 5.74) is 8.51. The molecule has 2 rings (SSSR count). The minimum absolute atomic E-state index is 0.426. The molecule has 3 N–H and O–H groups in total. The molecule has 0 spiro atoms. The third-order valence-corrected chi connectivity index (χ3v) is 1.97. The number of anilines is 1. The minimum atomic E-state index is 0.426. The van der Waals surface area contributed by atoms with E-state index < -0.39 is 0 Å². The number of nitrogens with zero attached hydrogens (tertiary/aromatic N) is 3. The number of H-pyrrole nitrogens is 1. The number of imidazole rings is 1. The van der Waals surface area contributed by atoms with Crippen LogP contribution in [0.4, 0.5) is 5.95 Å². The zero-order chi connectivity index (χ0) is 9.42. The number of aromatic nitrogens is 4. The first-order chi connectivity index (χ1) is 6.18. The van der Waals surface area contributed by atoms with E-state index in [-0.39, 0.29) is 0 Å². The molecule has 2 aromatic heterocycles. The predicted molar refractivity (Wildman–Crippen MR) is 49.9 cm³/mol. The molecule has 0 radical (unpaired) electrons. The van der Waals surface area contributed by atoms with Crippen molar-refractivity contribution in [1.29, 1.82) is 0 Å². The number of nitrogens with two attached hydrogens (primary N) is 1. The highest BCUT2D eigenvalue weighted by Gasteiger charge is 2.08. The van der Waals surface area contributed by atoms with E-state index in [4.69, 9.17) is 5.73 Å². The molecule has 5 heteroatoms. The molecule has 2 heterocycles. The Hall–Kier alpha value is -1.78. The number of hydrogen-bond acceptors (Lipinski definition) is 3. The molecular formula is C8H11N5. The maximum Gasteiger partial charge on any atom is 0.197 e. The van der Waals surface area contributed by atoms with Gasteiger partial charge in [-0.3, -0.25) is 4.68 Å². The van der Waals surface area contributed by atoms with Gasteiger partial charge in [-0.1, -0.05) is 0 Å². The molecule has 0 saturated carbocycles. The van der Waals surface area contributed by atoms with Crippen LogP contribution >= 0.6 is 0 Å². The zero-order valence-electron chi connectivity index (χ0n) is 7.57. The highest BCUT2D eigenvalue weighted by Crippen LogP contribution is 2.20. The molecule has 0 amide bonds. The number of nitrogen functional groups attached to an aromatic ring is 1. The molecule has 0 atom stereocenters. The summed E-state index contributed by atoms with van der Waals surface area (Å²) >= 11 is 0. The molecule has 0 unspecified atom stereocenters. The number of hydrogen-bond donors (Lipinski definition) is 2. The maximum atomic E-state index is 5.49. The van der Waals surface area contributed by atoms with E-state index in [0.717, 1.165) is 17.0 Å². The SMILES string of the molecule is Cc1cnn(C)c1-c1cnc(N)[nH]1. The van der Waals surface area contributed by atoms with E-state index in [2.05, 4.69) is 15.1 Å². The summed E-state index contributed by atoms with van der Waals surface area (Å²) < 4.78 is 1.79. The van der Waals surface area contributed by atoms with Gasteiger partial charge in [-0.25, -0.2) is 4.98 Å². The van der Waals surface area contributed by atoms with E-state index >= 15 is 0 Å².